The summed E-state index contributed by atoms with van der Waals surface area (Å²) in [5.74, 6) is -0.903. The first-order valence-electron chi connectivity index (χ1n) is 19.5. The number of amides is 1. The van der Waals surface area contributed by atoms with Gasteiger partial charge in [0.1, 0.15) is 0 Å². The van der Waals surface area contributed by atoms with Gasteiger partial charge in [-0.3, -0.25) is 9.35 Å². The van der Waals surface area contributed by atoms with Crippen LogP contribution in [0.1, 0.15) is 200 Å². The fourth-order valence-electron chi connectivity index (χ4n) is 5.95. The van der Waals surface area contributed by atoms with Gasteiger partial charge in [0, 0.05) is 6.42 Å². The van der Waals surface area contributed by atoms with Crippen LogP contribution in [-0.4, -0.2) is 41.9 Å². The first-order valence-corrected chi connectivity index (χ1v) is 21.1. The summed E-state index contributed by atoms with van der Waals surface area (Å²) in [5, 5.41) is 13.3. The van der Waals surface area contributed by atoms with Gasteiger partial charge in [-0.05, 0) is 44.9 Å². The average Bonchev–Trinajstić information content (AvgIpc) is 3.01. The highest BCUT2D eigenvalue weighted by Gasteiger charge is 2.26. The molecule has 272 valence electrons. The van der Waals surface area contributed by atoms with E-state index in [0.717, 1.165) is 57.8 Å². The zero-order valence-electron chi connectivity index (χ0n) is 30.2. The quantitative estimate of drug-likeness (QED) is 0.0354. The molecule has 6 nitrogen and oxygen atoms in total. The minimum Gasteiger partial charge on any atom is -0.391 e. The molecule has 0 bridgehead atoms. The summed E-state index contributed by atoms with van der Waals surface area (Å²) in [5.41, 5.74) is 0. The summed E-state index contributed by atoms with van der Waals surface area (Å²) in [6.07, 6.45) is 41.2. The zero-order chi connectivity index (χ0) is 34.0. The van der Waals surface area contributed by atoms with Crippen LogP contribution < -0.4 is 5.32 Å². The highest BCUT2D eigenvalue weighted by Crippen LogP contribution is 2.15. The molecule has 0 aromatic rings. The molecule has 0 spiro atoms. The van der Waals surface area contributed by atoms with E-state index < -0.39 is 28.0 Å². The van der Waals surface area contributed by atoms with Gasteiger partial charge in [-0.15, -0.1) is 0 Å². The lowest BCUT2D eigenvalue weighted by Crippen LogP contribution is -2.47. The van der Waals surface area contributed by atoms with Gasteiger partial charge >= 0.3 is 0 Å². The lowest BCUT2D eigenvalue weighted by Gasteiger charge is -2.23. The number of hydrogen-bond donors (Lipinski definition) is 3. The predicted molar refractivity (Wildman–Crippen MR) is 198 cm³/mol. The van der Waals surface area contributed by atoms with E-state index in [2.05, 4.69) is 43.5 Å². The molecule has 46 heavy (non-hydrogen) atoms. The van der Waals surface area contributed by atoms with Crippen molar-refractivity contribution in [3.63, 3.8) is 0 Å². The summed E-state index contributed by atoms with van der Waals surface area (Å²) in [6, 6.07) is -0.972. The first-order chi connectivity index (χ1) is 22.3. The van der Waals surface area contributed by atoms with Crippen LogP contribution in [-0.2, 0) is 14.9 Å². The van der Waals surface area contributed by atoms with Crippen LogP contribution in [0.3, 0.4) is 0 Å². The highest BCUT2D eigenvalue weighted by molar-refractivity contribution is 7.85. The molecule has 0 radical (unpaired) electrons. The molecule has 0 rings (SSSR count). The van der Waals surface area contributed by atoms with Crippen molar-refractivity contribution in [3.8, 4) is 0 Å². The minimum atomic E-state index is -4.31. The second kappa shape index (κ2) is 33.7. The lowest BCUT2D eigenvalue weighted by molar-refractivity contribution is -0.122. The molecule has 7 heteroatoms. The summed E-state index contributed by atoms with van der Waals surface area (Å²) in [7, 11) is -4.31. The maximum absolute atomic E-state index is 12.5. The van der Waals surface area contributed by atoms with E-state index in [-0.39, 0.29) is 5.91 Å². The highest BCUT2D eigenvalue weighted by atomic mass is 32.2. The Kier molecular flexibility index (Phi) is 32.8. The number of unbranched alkanes of at least 4 members (excludes halogenated alkanes) is 23. The summed E-state index contributed by atoms with van der Waals surface area (Å²) in [6.45, 7) is 4.49. The number of carbonyl (C=O) groups excluding carboxylic acids is 1. The van der Waals surface area contributed by atoms with Crippen LogP contribution in [0.5, 0.6) is 0 Å². The van der Waals surface area contributed by atoms with Gasteiger partial charge in [0.25, 0.3) is 10.1 Å². The minimum absolute atomic E-state index is 0.253. The normalized spacial score (nSPS) is 13.6. The number of hydrogen-bond acceptors (Lipinski definition) is 4. The monoisotopic (exact) mass is 670 g/mol. The molecule has 3 N–H and O–H groups in total. The molecular formula is C39H75NO5S. The summed E-state index contributed by atoms with van der Waals surface area (Å²) < 4.78 is 32.5. The van der Waals surface area contributed by atoms with E-state index in [1.807, 2.05) is 0 Å². The Morgan fingerprint density at radius 1 is 0.587 bits per heavy atom. The number of allylic oxidation sites excluding steroid dienone is 4. The third kappa shape index (κ3) is 34.2. The molecule has 0 aromatic carbocycles. The van der Waals surface area contributed by atoms with Crippen molar-refractivity contribution in [1.82, 2.24) is 5.32 Å². The summed E-state index contributed by atoms with van der Waals surface area (Å²) in [4.78, 5) is 12.5. The molecule has 0 aliphatic heterocycles. The van der Waals surface area contributed by atoms with E-state index in [1.54, 1.807) is 0 Å². The molecule has 0 saturated heterocycles. The number of rotatable bonds is 35. The molecule has 2 atom stereocenters. The predicted octanol–water partition coefficient (Wildman–Crippen LogP) is 11.2. The van der Waals surface area contributed by atoms with E-state index >= 15 is 0 Å². The maximum Gasteiger partial charge on any atom is 0.266 e. The standard InChI is InChI=1S/C39H75NO5S/c1-3-5-7-9-11-13-15-17-19-20-21-23-25-27-29-31-33-35-39(42)40-37(36-46(43,44)45)38(41)34-32-30-28-26-24-22-18-16-14-12-10-8-6-4-2/h11,13,17,19,37-38,41H,3-10,12,14-16,18,20-36H2,1-2H3,(H,40,42)(H,43,44,45)/b13-11-,19-17-. The number of nitrogens with one attached hydrogen (secondary N) is 1. The zero-order valence-corrected chi connectivity index (χ0v) is 31.0. The van der Waals surface area contributed by atoms with Crippen molar-refractivity contribution in [2.24, 2.45) is 0 Å². The summed E-state index contributed by atoms with van der Waals surface area (Å²) >= 11 is 0. The molecule has 0 heterocycles. The molecule has 0 fully saturated rings. The van der Waals surface area contributed by atoms with Crippen LogP contribution in [0.15, 0.2) is 24.3 Å². The fourth-order valence-corrected chi connectivity index (χ4v) is 6.71. The molecule has 2 unspecified atom stereocenters. The van der Waals surface area contributed by atoms with Gasteiger partial charge < -0.3 is 10.4 Å². The lowest BCUT2D eigenvalue weighted by atomic mass is 10.0. The van der Waals surface area contributed by atoms with Gasteiger partial charge in [-0.1, -0.05) is 173 Å². The van der Waals surface area contributed by atoms with Crippen LogP contribution in [0, 0.1) is 0 Å². The van der Waals surface area contributed by atoms with Crippen LogP contribution in [0.2, 0.25) is 0 Å². The van der Waals surface area contributed by atoms with Crippen molar-refractivity contribution in [3.05, 3.63) is 24.3 Å². The third-order valence-electron chi connectivity index (χ3n) is 8.91. The second-order valence-corrected chi connectivity index (χ2v) is 15.1. The van der Waals surface area contributed by atoms with Crippen LogP contribution >= 0.6 is 0 Å². The maximum atomic E-state index is 12.5. The topological polar surface area (TPSA) is 104 Å². The number of aliphatic hydroxyl groups excluding tert-OH is 1. The first kappa shape index (κ1) is 44.8. The van der Waals surface area contributed by atoms with Gasteiger partial charge in [0.15, 0.2) is 0 Å². The van der Waals surface area contributed by atoms with Crippen LogP contribution in [0.25, 0.3) is 0 Å². The van der Waals surface area contributed by atoms with E-state index in [1.165, 1.54) is 116 Å². The Balaban J connectivity index is 3.90. The van der Waals surface area contributed by atoms with Crippen LogP contribution in [0.4, 0.5) is 0 Å². The molecule has 1 amide bonds. The number of aliphatic hydroxyl groups is 1. The van der Waals surface area contributed by atoms with Gasteiger partial charge in [-0.2, -0.15) is 8.42 Å². The van der Waals surface area contributed by atoms with Crippen molar-refractivity contribution in [1.29, 1.82) is 0 Å². The Bertz CT molecular complexity index is 826. The molecule has 0 saturated carbocycles. The van der Waals surface area contributed by atoms with E-state index in [0.29, 0.717) is 12.8 Å². The Morgan fingerprint density at radius 2 is 0.978 bits per heavy atom. The second-order valence-electron chi connectivity index (χ2n) is 13.6. The molecular weight excluding hydrogens is 594 g/mol. The molecule has 0 aromatic heterocycles. The van der Waals surface area contributed by atoms with Gasteiger partial charge in [0.2, 0.25) is 5.91 Å². The van der Waals surface area contributed by atoms with Crippen molar-refractivity contribution >= 4 is 16.0 Å². The average molecular weight is 670 g/mol. The van der Waals surface area contributed by atoms with Crippen molar-refractivity contribution in [2.45, 2.75) is 212 Å². The van der Waals surface area contributed by atoms with Crippen molar-refractivity contribution < 1.29 is 22.9 Å². The van der Waals surface area contributed by atoms with Crippen molar-refractivity contribution in [2.75, 3.05) is 5.75 Å². The SMILES string of the molecule is CCCCC/C=C\C/C=C\CCCCCCCCCC(=O)NC(CS(=O)(=O)O)C(O)CCCCCCCCCCCCCCCC. The third-order valence-corrected chi connectivity index (χ3v) is 9.69. The smallest absolute Gasteiger partial charge is 0.266 e. The fraction of sp³-hybridized carbons (Fsp3) is 0.872. The van der Waals surface area contributed by atoms with Gasteiger partial charge in [-0.25, -0.2) is 0 Å². The Labute approximate surface area is 285 Å². The molecule has 0 aliphatic rings. The molecule has 0 aliphatic carbocycles. The van der Waals surface area contributed by atoms with Gasteiger partial charge in [0.05, 0.1) is 17.9 Å². The largest absolute Gasteiger partial charge is 0.391 e. The van der Waals surface area contributed by atoms with E-state index in [9.17, 15) is 22.9 Å². The Hall–Kier alpha value is -1.18. The van der Waals surface area contributed by atoms with E-state index in [4.69, 9.17) is 0 Å². The number of carbonyl (C=O) groups is 1. The Morgan fingerprint density at radius 3 is 1.46 bits per heavy atom.